The van der Waals surface area contributed by atoms with Crippen LogP contribution in [-0.4, -0.2) is 83.7 Å². The third-order valence-corrected chi connectivity index (χ3v) is 6.99. The van der Waals surface area contributed by atoms with E-state index in [1.54, 1.807) is 14.8 Å². The molecule has 3 amide bonds. The normalized spacial score (nSPS) is 20.1. The molecule has 0 saturated carbocycles. The number of fused-ring (bicyclic) bond motifs is 2. The van der Waals surface area contributed by atoms with Crippen LogP contribution in [-0.2, 0) is 27.5 Å². The van der Waals surface area contributed by atoms with Gasteiger partial charge in [0.1, 0.15) is 12.2 Å². The molecule has 10 nitrogen and oxygen atoms in total. The van der Waals surface area contributed by atoms with Crippen LogP contribution in [0.15, 0.2) is 48.5 Å². The Bertz CT molecular complexity index is 1230. The number of benzene rings is 2. The summed E-state index contributed by atoms with van der Waals surface area (Å²) in [5.74, 6) is 3.69. The quantitative estimate of drug-likeness (QED) is 0.399. The molecule has 5 rings (SSSR count). The average molecular weight is 548 g/mol. The standard InChI is InChI=1S/C22H26N4O5.C8H11N/c1-4-7-24-12-21(28)26-17(8-15(2)3)22(29)23(11-20(26)25(24)13-27)10-16-5-6-18-19(9-16)31-14-30-18;1-9-7-8-5-3-2-4-6-8/h1,5-6,9,13,15,17,20H,7-8,10-12,14H2,2-3H3;2-6,9H,7H2,1H3/t17-,20?;/m0./s1. The van der Waals surface area contributed by atoms with Crippen molar-refractivity contribution in [2.75, 3.05) is 33.5 Å². The lowest BCUT2D eigenvalue weighted by Gasteiger charge is -2.54. The highest BCUT2D eigenvalue weighted by atomic mass is 16.7. The second-order valence-electron chi connectivity index (χ2n) is 10.4. The predicted molar refractivity (Wildman–Crippen MR) is 149 cm³/mol. The number of rotatable bonds is 8. The molecule has 1 unspecified atom stereocenters. The van der Waals surface area contributed by atoms with E-state index in [-0.39, 0.29) is 44.2 Å². The largest absolute Gasteiger partial charge is 0.454 e. The van der Waals surface area contributed by atoms with Crippen LogP contribution in [0.25, 0.3) is 0 Å². The summed E-state index contributed by atoms with van der Waals surface area (Å²) in [4.78, 5) is 41.6. The molecule has 2 atom stereocenters. The van der Waals surface area contributed by atoms with E-state index in [0.717, 1.165) is 12.1 Å². The van der Waals surface area contributed by atoms with Crippen molar-refractivity contribution >= 4 is 18.2 Å². The number of hydrazine groups is 1. The molecule has 2 saturated heterocycles. The number of carbonyl (C=O) groups is 3. The molecule has 10 heteroatoms. The Kier molecular flexibility index (Phi) is 9.64. The Hall–Kier alpha value is -4.07. The zero-order chi connectivity index (χ0) is 28.6. The van der Waals surface area contributed by atoms with Crippen molar-refractivity contribution < 1.29 is 23.9 Å². The van der Waals surface area contributed by atoms with Crippen LogP contribution >= 0.6 is 0 Å². The Labute approximate surface area is 235 Å². The van der Waals surface area contributed by atoms with Gasteiger partial charge in [0.25, 0.3) is 0 Å². The van der Waals surface area contributed by atoms with Gasteiger partial charge in [-0.15, -0.1) is 6.42 Å². The van der Waals surface area contributed by atoms with E-state index < -0.39 is 12.2 Å². The maximum absolute atomic E-state index is 13.4. The van der Waals surface area contributed by atoms with Crippen molar-refractivity contribution in [3.63, 3.8) is 0 Å². The fraction of sp³-hybridized carbons (Fsp3) is 0.433. The lowest BCUT2D eigenvalue weighted by atomic mass is 9.96. The highest BCUT2D eigenvalue weighted by molar-refractivity contribution is 5.90. The van der Waals surface area contributed by atoms with Crippen molar-refractivity contribution in [3.05, 3.63) is 59.7 Å². The molecule has 0 aromatic heterocycles. The molecule has 0 radical (unpaired) electrons. The fourth-order valence-corrected chi connectivity index (χ4v) is 5.21. The number of nitrogens with one attached hydrogen (secondary N) is 1. The molecule has 3 aliphatic rings. The van der Waals surface area contributed by atoms with Crippen molar-refractivity contribution in [1.82, 2.24) is 25.1 Å². The zero-order valence-corrected chi connectivity index (χ0v) is 23.3. The third-order valence-electron chi connectivity index (χ3n) is 6.99. The minimum Gasteiger partial charge on any atom is -0.454 e. The van der Waals surface area contributed by atoms with Gasteiger partial charge < -0.3 is 24.6 Å². The van der Waals surface area contributed by atoms with Gasteiger partial charge in [-0.25, -0.2) is 0 Å². The molecule has 2 aromatic rings. The number of nitrogens with zero attached hydrogens (tertiary/aromatic N) is 4. The number of terminal acetylenes is 1. The van der Waals surface area contributed by atoms with Gasteiger partial charge in [-0.05, 0) is 42.6 Å². The highest BCUT2D eigenvalue weighted by Gasteiger charge is 2.49. The lowest BCUT2D eigenvalue weighted by molar-refractivity contribution is -0.199. The Balaban J connectivity index is 0.000000350. The summed E-state index contributed by atoms with van der Waals surface area (Å²) in [5.41, 5.74) is 2.22. The Morgan fingerprint density at radius 2 is 1.85 bits per heavy atom. The van der Waals surface area contributed by atoms with Gasteiger partial charge in [0.15, 0.2) is 11.5 Å². The first-order chi connectivity index (χ1) is 19.4. The molecule has 212 valence electrons. The van der Waals surface area contributed by atoms with Crippen LogP contribution in [0.2, 0.25) is 0 Å². The first-order valence-electron chi connectivity index (χ1n) is 13.4. The lowest BCUT2D eigenvalue weighted by Crippen LogP contribution is -2.74. The summed E-state index contributed by atoms with van der Waals surface area (Å²) in [6, 6.07) is 15.3. The van der Waals surface area contributed by atoms with E-state index in [9.17, 15) is 14.4 Å². The number of amides is 3. The summed E-state index contributed by atoms with van der Waals surface area (Å²) in [5, 5.41) is 6.09. The van der Waals surface area contributed by atoms with Gasteiger partial charge in [-0.3, -0.25) is 19.4 Å². The molecule has 3 aliphatic heterocycles. The van der Waals surface area contributed by atoms with E-state index in [1.807, 2.05) is 57.3 Å². The molecule has 0 bridgehead atoms. The molecule has 40 heavy (non-hydrogen) atoms. The number of piperazine rings is 1. The van der Waals surface area contributed by atoms with Crippen molar-refractivity contribution in [2.24, 2.45) is 5.92 Å². The number of ether oxygens (including phenoxy) is 2. The van der Waals surface area contributed by atoms with Crippen molar-refractivity contribution in [3.8, 4) is 23.8 Å². The van der Waals surface area contributed by atoms with Gasteiger partial charge in [-0.2, -0.15) is 5.01 Å². The Morgan fingerprint density at radius 3 is 2.52 bits per heavy atom. The molecular weight excluding hydrogens is 510 g/mol. The molecular formula is C30H37N5O5. The van der Waals surface area contributed by atoms with Crippen LogP contribution in [0, 0.1) is 18.3 Å². The summed E-state index contributed by atoms with van der Waals surface area (Å²) in [7, 11) is 1.95. The maximum Gasteiger partial charge on any atom is 0.245 e. The summed E-state index contributed by atoms with van der Waals surface area (Å²) < 4.78 is 10.8. The highest BCUT2D eigenvalue weighted by Crippen LogP contribution is 2.34. The van der Waals surface area contributed by atoms with Gasteiger partial charge >= 0.3 is 0 Å². The van der Waals surface area contributed by atoms with Crippen molar-refractivity contribution in [1.29, 1.82) is 0 Å². The summed E-state index contributed by atoms with van der Waals surface area (Å²) in [6.45, 7) is 5.81. The van der Waals surface area contributed by atoms with E-state index in [1.165, 1.54) is 10.6 Å². The number of carbonyl (C=O) groups excluding carboxylic acids is 3. The van der Waals surface area contributed by atoms with Crippen LogP contribution in [0.1, 0.15) is 31.4 Å². The molecule has 0 aliphatic carbocycles. The summed E-state index contributed by atoms with van der Waals surface area (Å²) >= 11 is 0. The number of hydrogen-bond donors (Lipinski definition) is 1. The van der Waals surface area contributed by atoms with Crippen molar-refractivity contribution in [2.45, 2.75) is 45.6 Å². The smallest absolute Gasteiger partial charge is 0.245 e. The number of hydrogen-bond acceptors (Lipinski definition) is 7. The zero-order valence-electron chi connectivity index (χ0n) is 23.3. The first-order valence-corrected chi connectivity index (χ1v) is 13.4. The monoisotopic (exact) mass is 547 g/mol. The van der Waals surface area contributed by atoms with Gasteiger partial charge in [-0.1, -0.05) is 56.2 Å². The SMILES string of the molecule is C#CCN1CC(=O)N2C(CN(Cc3ccc4c(c3)OCO4)C(=O)[C@@H]2CC(C)C)N1C=O.CNCc1ccccc1. The van der Waals surface area contributed by atoms with E-state index in [2.05, 4.69) is 23.4 Å². The second-order valence-corrected chi connectivity index (χ2v) is 10.4. The van der Waals surface area contributed by atoms with E-state index in [4.69, 9.17) is 15.9 Å². The van der Waals surface area contributed by atoms with Crippen LogP contribution in [0.3, 0.4) is 0 Å². The first kappa shape index (κ1) is 28.9. The average Bonchev–Trinajstić information content (AvgIpc) is 3.40. The molecule has 3 heterocycles. The minimum absolute atomic E-state index is 0.0243. The fourth-order valence-electron chi connectivity index (χ4n) is 5.21. The van der Waals surface area contributed by atoms with Crippen LogP contribution in [0.5, 0.6) is 11.5 Å². The maximum atomic E-state index is 13.4. The van der Waals surface area contributed by atoms with Gasteiger partial charge in [0, 0.05) is 13.1 Å². The van der Waals surface area contributed by atoms with Crippen LogP contribution in [0.4, 0.5) is 0 Å². The molecule has 2 aromatic carbocycles. The molecule has 1 N–H and O–H groups in total. The third kappa shape index (κ3) is 6.55. The topological polar surface area (TPSA) is 94.7 Å². The molecule has 0 spiro atoms. The minimum atomic E-state index is -0.629. The van der Waals surface area contributed by atoms with E-state index in [0.29, 0.717) is 30.9 Å². The van der Waals surface area contributed by atoms with Crippen LogP contribution < -0.4 is 14.8 Å². The second kappa shape index (κ2) is 13.3. The predicted octanol–water partition coefficient (Wildman–Crippen LogP) is 2.06. The van der Waals surface area contributed by atoms with Gasteiger partial charge in [0.05, 0.1) is 19.6 Å². The summed E-state index contributed by atoms with van der Waals surface area (Å²) in [6.07, 6.45) is 6.04. The van der Waals surface area contributed by atoms with Gasteiger partial charge in [0.2, 0.25) is 25.0 Å². The van der Waals surface area contributed by atoms with E-state index >= 15 is 0 Å². The molecule has 2 fully saturated rings. The Morgan fingerprint density at radius 1 is 1.10 bits per heavy atom.